The second-order valence-electron chi connectivity index (χ2n) is 7.08. The number of fused-ring (bicyclic) bond motifs is 3. The molecule has 5 rings (SSSR count). The molecule has 0 radical (unpaired) electrons. The highest BCUT2D eigenvalue weighted by atomic mass is 32.2. The van der Waals surface area contributed by atoms with Crippen molar-refractivity contribution in [2.75, 3.05) is 19.6 Å². The van der Waals surface area contributed by atoms with Gasteiger partial charge >= 0.3 is 6.18 Å². The first-order chi connectivity index (χ1) is 12.9. The van der Waals surface area contributed by atoms with Gasteiger partial charge in [-0.1, -0.05) is 11.8 Å². The number of piperidine rings is 3. The minimum atomic E-state index is -4.38. The zero-order valence-corrected chi connectivity index (χ0v) is 15.4. The van der Waals surface area contributed by atoms with Crippen LogP contribution in [0.4, 0.5) is 13.2 Å². The van der Waals surface area contributed by atoms with Crippen LogP contribution in [0.25, 0.3) is 0 Å². The van der Waals surface area contributed by atoms with Crippen molar-refractivity contribution in [3.8, 4) is 0 Å². The van der Waals surface area contributed by atoms with Crippen molar-refractivity contribution in [3.63, 3.8) is 0 Å². The fourth-order valence-corrected chi connectivity index (χ4v) is 4.60. The maximum atomic E-state index is 12.6. The number of hydrogen-bond donors (Lipinski definition) is 2. The highest BCUT2D eigenvalue weighted by Gasteiger charge is 2.35. The van der Waals surface area contributed by atoms with Gasteiger partial charge in [0.05, 0.1) is 5.03 Å². The van der Waals surface area contributed by atoms with Crippen molar-refractivity contribution in [2.45, 2.75) is 35.0 Å². The SMILES string of the molecule is O=C(NC1CN2CCC1CC2)c1ccc(Sc2ccc(C(F)(F)F)[nH]2)cc1. The minimum absolute atomic E-state index is 0.0930. The van der Waals surface area contributed by atoms with Gasteiger partial charge in [-0.2, -0.15) is 13.2 Å². The monoisotopic (exact) mass is 395 g/mol. The summed E-state index contributed by atoms with van der Waals surface area (Å²) < 4.78 is 37.9. The molecule has 0 aliphatic carbocycles. The third-order valence-electron chi connectivity index (χ3n) is 5.28. The number of nitrogens with one attached hydrogen (secondary N) is 2. The molecule has 1 unspecified atom stereocenters. The van der Waals surface area contributed by atoms with Crippen molar-refractivity contribution >= 4 is 17.7 Å². The normalized spacial score (nSPS) is 24.8. The summed E-state index contributed by atoms with van der Waals surface area (Å²) in [5.41, 5.74) is -0.197. The van der Waals surface area contributed by atoms with Crippen molar-refractivity contribution in [2.24, 2.45) is 5.92 Å². The topological polar surface area (TPSA) is 48.1 Å². The molecule has 3 fully saturated rings. The molecule has 0 saturated carbocycles. The van der Waals surface area contributed by atoms with Crippen LogP contribution in [0.15, 0.2) is 46.3 Å². The molecule has 27 heavy (non-hydrogen) atoms. The van der Waals surface area contributed by atoms with Gasteiger partial charge in [0, 0.05) is 23.0 Å². The number of amides is 1. The molecule has 2 aromatic rings. The van der Waals surface area contributed by atoms with Crippen LogP contribution >= 0.6 is 11.8 Å². The number of H-pyrrole nitrogens is 1. The molecule has 1 aromatic heterocycles. The number of rotatable bonds is 4. The average molecular weight is 395 g/mol. The Labute approximate surface area is 159 Å². The van der Waals surface area contributed by atoms with Crippen molar-refractivity contribution < 1.29 is 18.0 Å². The van der Waals surface area contributed by atoms with Crippen LogP contribution in [0.3, 0.4) is 0 Å². The molecule has 2 N–H and O–H groups in total. The molecule has 1 atom stereocenters. The Morgan fingerprint density at radius 1 is 1.11 bits per heavy atom. The van der Waals surface area contributed by atoms with E-state index in [1.807, 2.05) is 0 Å². The van der Waals surface area contributed by atoms with Gasteiger partial charge in [-0.15, -0.1) is 0 Å². The quantitative estimate of drug-likeness (QED) is 0.823. The Bertz CT molecular complexity index is 810. The molecule has 2 bridgehead atoms. The van der Waals surface area contributed by atoms with Gasteiger partial charge in [-0.05, 0) is 68.2 Å². The summed E-state index contributed by atoms with van der Waals surface area (Å²) in [7, 11) is 0. The van der Waals surface area contributed by atoms with E-state index in [2.05, 4.69) is 15.2 Å². The summed E-state index contributed by atoms with van der Waals surface area (Å²) in [5.74, 6) is 0.467. The van der Waals surface area contributed by atoms with E-state index in [0.717, 1.165) is 43.4 Å². The van der Waals surface area contributed by atoms with E-state index in [4.69, 9.17) is 0 Å². The van der Waals surface area contributed by atoms with Crippen molar-refractivity contribution in [1.29, 1.82) is 0 Å². The van der Waals surface area contributed by atoms with Crippen LogP contribution in [0, 0.1) is 5.92 Å². The zero-order chi connectivity index (χ0) is 19.0. The second kappa shape index (κ2) is 7.24. The lowest BCUT2D eigenvalue weighted by molar-refractivity contribution is -0.141. The van der Waals surface area contributed by atoms with Crippen LogP contribution < -0.4 is 5.32 Å². The molecule has 0 spiro atoms. The summed E-state index contributed by atoms with van der Waals surface area (Å²) in [6, 6.07) is 9.57. The maximum absolute atomic E-state index is 12.6. The van der Waals surface area contributed by atoms with E-state index in [1.54, 1.807) is 24.3 Å². The van der Waals surface area contributed by atoms with Gasteiger partial charge in [0.25, 0.3) is 5.91 Å². The van der Waals surface area contributed by atoms with Gasteiger partial charge in [-0.3, -0.25) is 4.79 Å². The van der Waals surface area contributed by atoms with Crippen molar-refractivity contribution in [3.05, 3.63) is 47.7 Å². The molecule has 3 aliphatic rings. The van der Waals surface area contributed by atoms with Gasteiger partial charge in [0.15, 0.2) is 0 Å². The highest BCUT2D eigenvalue weighted by Crippen LogP contribution is 2.33. The largest absolute Gasteiger partial charge is 0.431 e. The lowest BCUT2D eigenvalue weighted by Gasteiger charge is -2.44. The highest BCUT2D eigenvalue weighted by molar-refractivity contribution is 7.99. The molecular weight excluding hydrogens is 375 g/mol. The van der Waals surface area contributed by atoms with Crippen LogP contribution in [0.5, 0.6) is 0 Å². The van der Waals surface area contributed by atoms with Crippen LogP contribution in [0.1, 0.15) is 28.9 Å². The molecule has 144 valence electrons. The van der Waals surface area contributed by atoms with Crippen molar-refractivity contribution in [1.82, 2.24) is 15.2 Å². The Balaban J connectivity index is 1.37. The summed E-state index contributed by atoms with van der Waals surface area (Å²) >= 11 is 1.20. The van der Waals surface area contributed by atoms with E-state index < -0.39 is 11.9 Å². The first kappa shape index (κ1) is 18.4. The third-order valence-corrected chi connectivity index (χ3v) is 6.25. The van der Waals surface area contributed by atoms with E-state index in [-0.39, 0.29) is 11.9 Å². The number of halogens is 3. The number of aromatic amines is 1. The lowest BCUT2D eigenvalue weighted by Crippen LogP contribution is -2.57. The number of hydrogen-bond acceptors (Lipinski definition) is 3. The fourth-order valence-electron chi connectivity index (χ4n) is 3.78. The molecule has 1 aromatic carbocycles. The predicted octanol–water partition coefficient (Wildman–Crippen LogP) is 4.01. The Hall–Kier alpha value is -1.93. The molecule has 1 amide bonds. The molecule has 4 heterocycles. The number of carbonyl (C=O) groups excluding carboxylic acids is 1. The second-order valence-corrected chi connectivity index (χ2v) is 8.19. The van der Waals surface area contributed by atoms with Crippen LogP contribution in [0.2, 0.25) is 0 Å². The molecule has 4 nitrogen and oxygen atoms in total. The number of benzene rings is 1. The predicted molar refractivity (Wildman–Crippen MR) is 96.8 cm³/mol. The molecular formula is C19H20F3N3OS. The van der Waals surface area contributed by atoms with Crippen LogP contribution in [-0.2, 0) is 6.18 Å². The average Bonchev–Trinajstić information content (AvgIpc) is 3.12. The summed E-state index contributed by atoms with van der Waals surface area (Å²) in [4.78, 5) is 18.0. The van der Waals surface area contributed by atoms with E-state index in [0.29, 0.717) is 16.5 Å². The number of nitrogens with zero attached hydrogens (tertiary/aromatic N) is 1. The van der Waals surface area contributed by atoms with E-state index in [9.17, 15) is 18.0 Å². The molecule has 3 aliphatic heterocycles. The van der Waals surface area contributed by atoms with Gasteiger partial charge < -0.3 is 15.2 Å². The zero-order valence-electron chi connectivity index (χ0n) is 14.6. The van der Waals surface area contributed by atoms with E-state index in [1.165, 1.54) is 17.8 Å². The Morgan fingerprint density at radius 3 is 2.37 bits per heavy atom. The number of aromatic nitrogens is 1. The third kappa shape index (κ3) is 4.16. The van der Waals surface area contributed by atoms with Gasteiger partial charge in [0.1, 0.15) is 5.69 Å². The lowest BCUT2D eigenvalue weighted by atomic mass is 9.84. The van der Waals surface area contributed by atoms with E-state index >= 15 is 0 Å². The minimum Gasteiger partial charge on any atom is -0.348 e. The van der Waals surface area contributed by atoms with Gasteiger partial charge in [0.2, 0.25) is 0 Å². The van der Waals surface area contributed by atoms with Crippen LogP contribution in [-0.4, -0.2) is 41.5 Å². The first-order valence-electron chi connectivity index (χ1n) is 8.96. The summed E-state index contributed by atoms with van der Waals surface area (Å²) in [6.45, 7) is 3.16. The Kier molecular flexibility index (Phi) is 4.94. The van der Waals surface area contributed by atoms with Gasteiger partial charge in [-0.25, -0.2) is 0 Å². The fraction of sp³-hybridized carbons (Fsp3) is 0.421. The first-order valence-corrected chi connectivity index (χ1v) is 9.77. The standard InChI is InChI=1S/C19H20F3N3OS/c20-19(21,22)16-5-6-17(24-16)27-14-3-1-13(2-4-14)18(26)23-15-11-25-9-7-12(15)8-10-25/h1-6,12,15,24H,7-11H2,(H,23,26). The number of carbonyl (C=O) groups is 1. The number of alkyl halides is 3. The molecule has 8 heteroatoms. The maximum Gasteiger partial charge on any atom is 0.431 e. The Morgan fingerprint density at radius 2 is 1.81 bits per heavy atom. The smallest absolute Gasteiger partial charge is 0.348 e. The summed E-state index contributed by atoms with van der Waals surface area (Å²) in [5, 5.41) is 3.55. The molecule has 3 saturated heterocycles. The summed E-state index contributed by atoms with van der Waals surface area (Å²) in [6.07, 6.45) is -2.11.